The average Bonchev–Trinajstić information content (AvgIpc) is 2.66. The molecule has 0 bridgehead atoms. The van der Waals surface area contributed by atoms with Crippen LogP contribution in [0.2, 0.25) is 0 Å². The zero-order chi connectivity index (χ0) is 11.8. The van der Waals surface area contributed by atoms with Gasteiger partial charge < -0.3 is 5.11 Å². The monoisotopic (exact) mass is 222 g/mol. The van der Waals surface area contributed by atoms with Gasteiger partial charge in [-0.25, -0.2) is 4.39 Å². The first kappa shape index (κ1) is 11.6. The quantitative estimate of drug-likeness (QED) is 0.808. The Bertz CT molecular complexity index is 378. The second-order valence-corrected chi connectivity index (χ2v) is 5.13. The molecular weight excluding hydrogens is 203 g/mol. The molecule has 1 fully saturated rings. The fraction of sp³-hybridized carbons (Fsp3) is 0.571. The van der Waals surface area contributed by atoms with Crippen LogP contribution in [-0.2, 0) is 5.60 Å². The molecule has 0 radical (unpaired) electrons. The summed E-state index contributed by atoms with van der Waals surface area (Å²) in [4.78, 5) is 0. The van der Waals surface area contributed by atoms with Gasteiger partial charge in [-0.2, -0.15) is 0 Å². The Morgan fingerprint density at radius 3 is 2.44 bits per heavy atom. The second-order valence-electron chi connectivity index (χ2n) is 5.13. The van der Waals surface area contributed by atoms with Crippen molar-refractivity contribution in [3.05, 3.63) is 35.1 Å². The average molecular weight is 222 g/mol. The lowest BCUT2D eigenvalue weighted by atomic mass is 9.88. The van der Waals surface area contributed by atoms with E-state index in [4.69, 9.17) is 0 Å². The minimum Gasteiger partial charge on any atom is -0.385 e. The van der Waals surface area contributed by atoms with Crippen molar-refractivity contribution < 1.29 is 9.50 Å². The molecule has 1 N–H and O–H groups in total. The van der Waals surface area contributed by atoms with E-state index in [1.165, 1.54) is 6.07 Å². The van der Waals surface area contributed by atoms with Gasteiger partial charge in [-0.15, -0.1) is 0 Å². The molecule has 0 spiro atoms. The number of hydrogen-bond acceptors (Lipinski definition) is 1. The number of halogens is 1. The van der Waals surface area contributed by atoms with Crippen LogP contribution in [0.15, 0.2) is 18.2 Å². The Morgan fingerprint density at radius 1 is 1.25 bits per heavy atom. The van der Waals surface area contributed by atoms with Crippen LogP contribution in [0.1, 0.15) is 56.6 Å². The summed E-state index contributed by atoms with van der Waals surface area (Å²) >= 11 is 0. The molecule has 0 aliphatic heterocycles. The largest absolute Gasteiger partial charge is 0.385 e. The van der Waals surface area contributed by atoms with Gasteiger partial charge in [-0.1, -0.05) is 32.8 Å². The predicted octanol–water partition coefficient (Wildman–Crippen LogP) is 3.71. The SMILES string of the molecule is CC(C)c1ccc(F)c(C2(O)CCCC2)c1. The van der Waals surface area contributed by atoms with E-state index in [1.807, 2.05) is 12.1 Å². The van der Waals surface area contributed by atoms with Crippen molar-refractivity contribution in [3.63, 3.8) is 0 Å². The van der Waals surface area contributed by atoms with Crippen LogP contribution in [0.4, 0.5) is 4.39 Å². The predicted molar refractivity (Wildman–Crippen MR) is 62.9 cm³/mol. The van der Waals surface area contributed by atoms with Crippen LogP contribution in [-0.4, -0.2) is 5.11 Å². The highest BCUT2D eigenvalue weighted by atomic mass is 19.1. The highest BCUT2D eigenvalue weighted by molar-refractivity contribution is 5.32. The van der Waals surface area contributed by atoms with Crippen molar-refractivity contribution in [1.29, 1.82) is 0 Å². The molecule has 0 atom stereocenters. The van der Waals surface area contributed by atoms with Crippen LogP contribution in [0, 0.1) is 5.82 Å². The Kier molecular flexibility index (Phi) is 3.02. The highest BCUT2D eigenvalue weighted by Crippen LogP contribution is 2.40. The number of aliphatic hydroxyl groups is 1. The van der Waals surface area contributed by atoms with E-state index in [1.54, 1.807) is 0 Å². The fourth-order valence-corrected chi connectivity index (χ4v) is 2.49. The Balaban J connectivity index is 2.42. The van der Waals surface area contributed by atoms with Crippen LogP contribution in [0.25, 0.3) is 0 Å². The molecule has 2 rings (SSSR count). The summed E-state index contributed by atoms with van der Waals surface area (Å²) in [7, 11) is 0. The first-order valence-corrected chi connectivity index (χ1v) is 6.05. The Labute approximate surface area is 96.3 Å². The van der Waals surface area contributed by atoms with Crippen LogP contribution >= 0.6 is 0 Å². The van der Waals surface area contributed by atoms with E-state index in [9.17, 15) is 9.50 Å². The molecule has 0 unspecified atom stereocenters. The first-order chi connectivity index (χ1) is 7.53. The summed E-state index contributed by atoms with van der Waals surface area (Å²) in [6, 6.07) is 5.13. The van der Waals surface area contributed by atoms with Gasteiger partial charge in [0.05, 0.1) is 5.60 Å². The van der Waals surface area contributed by atoms with Crippen molar-refractivity contribution in [3.8, 4) is 0 Å². The maximum Gasteiger partial charge on any atom is 0.129 e. The lowest BCUT2D eigenvalue weighted by Crippen LogP contribution is -2.22. The summed E-state index contributed by atoms with van der Waals surface area (Å²) in [5, 5.41) is 10.4. The number of benzene rings is 1. The van der Waals surface area contributed by atoms with E-state index in [0.717, 1.165) is 18.4 Å². The lowest BCUT2D eigenvalue weighted by molar-refractivity contribution is 0.0407. The molecule has 0 saturated heterocycles. The zero-order valence-corrected chi connectivity index (χ0v) is 9.96. The number of hydrogen-bond donors (Lipinski definition) is 1. The minimum atomic E-state index is -0.922. The van der Waals surface area contributed by atoms with Gasteiger partial charge in [0.2, 0.25) is 0 Å². The molecule has 0 heterocycles. The third-order valence-corrected chi connectivity index (χ3v) is 3.59. The van der Waals surface area contributed by atoms with Crippen LogP contribution in [0.5, 0.6) is 0 Å². The van der Waals surface area contributed by atoms with Gasteiger partial charge in [-0.05, 0) is 36.5 Å². The van der Waals surface area contributed by atoms with Crippen LogP contribution < -0.4 is 0 Å². The summed E-state index contributed by atoms with van der Waals surface area (Å²) in [5.74, 6) is 0.0955. The van der Waals surface area contributed by atoms with Gasteiger partial charge in [0.25, 0.3) is 0 Å². The third-order valence-electron chi connectivity index (χ3n) is 3.59. The summed E-state index contributed by atoms with van der Waals surface area (Å²) < 4.78 is 13.8. The molecule has 0 amide bonds. The normalized spacial score (nSPS) is 19.3. The standard InChI is InChI=1S/C14H19FO/c1-10(2)11-5-6-13(15)12(9-11)14(16)7-3-4-8-14/h5-6,9-10,16H,3-4,7-8H2,1-2H3. The summed E-state index contributed by atoms with van der Waals surface area (Å²) in [5.41, 5.74) is 0.669. The van der Waals surface area contributed by atoms with Gasteiger partial charge in [-0.3, -0.25) is 0 Å². The highest BCUT2D eigenvalue weighted by Gasteiger charge is 2.35. The maximum atomic E-state index is 13.8. The molecule has 1 aromatic rings. The van der Waals surface area contributed by atoms with Gasteiger partial charge in [0, 0.05) is 5.56 Å². The number of rotatable bonds is 2. The zero-order valence-electron chi connectivity index (χ0n) is 9.96. The van der Waals surface area contributed by atoms with Crippen LogP contribution in [0.3, 0.4) is 0 Å². The fourth-order valence-electron chi connectivity index (χ4n) is 2.49. The first-order valence-electron chi connectivity index (χ1n) is 6.05. The topological polar surface area (TPSA) is 20.2 Å². The smallest absolute Gasteiger partial charge is 0.129 e. The van der Waals surface area contributed by atoms with Gasteiger partial charge in [0.15, 0.2) is 0 Å². The molecular formula is C14H19FO. The van der Waals surface area contributed by atoms with Crippen molar-refractivity contribution in [2.24, 2.45) is 0 Å². The molecule has 1 aliphatic carbocycles. The molecule has 1 saturated carbocycles. The lowest BCUT2D eigenvalue weighted by Gasteiger charge is -2.24. The van der Waals surface area contributed by atoms with E-state index in [2.05, 4.69) is 13.8 Å². The van der Waals surface area contributed by atoms with Gasteiger partial charge >= 0.3 is 0 Å². The molecule has 16 heavy (non-hydrogen) atoms. The van der Waals surface area contributed by atoms with E-state index >= 15 is 0 Å². The minimum absolute atomic E-state index is 0.270. The summed E-state index contributed by atoms with van der Waals surface area (Å²) in [6.07, 6.45) is 3.35. The summed E-state index contributed by atoms with van der Waals surface area (Å²) in [6.45, 7) is 4.16. The molecule has 1 aromatic carbocycles. The van der Waals surface area contributed by atoms with Crippen molar-refractivity contribution in [2.75, 3.05) is 0 Å². The maximum absolute atomic E-state index is 13.8. The van der Waals surface area contributed by atoms with Crippen molar-refractivity contribution in [2.45, 2.75) is 51.0 Å². The third kappa shape index (κ3) is 1.99. The van der Waals surface area contributed by atoms with Crippen molar-refractivity contribution in [1.82, 2.24) is 0 Å². The molecule has 0 aromatic heterocycles. The molecule has 1 aliphatic rings. The van der Waals surface area contributed by atoms with Gasteiger partial charge in [0.1, 0.15) is 5.82 Å². The Morgan fingerprint density at radius 2 is 1.88 bits per heavy atom. The van der Waals surface area contributed by atoms with Crippen molar-refractivity contribution >= 4 is 0 Å². The van der Waals surface area contributed by atoms with E-state index in [-0.39, 0.29) is 5.82 Å². The molecule has 2 heteroatoms. The molecule has 1 nitrogen and oxygen atoms in total. The van der Waals surface area contributed by atoms with E-state index < -0.39 is 5.60 Å². The van der Waals surface area contributed by atoms with E-state index in [0.29, 0.717) is 24.3 Å². The second kappa shape index (κ2) is 4.17. The molecule has 88 valence electrons. The Hall–Kier alpha value is -0.890.